The zero-order valence-electron chi connectivity index (χ0n) is 14.1. The largest absolute Gasteiger partial charge is 0.468 e. The summed E-state index contributed by atoms with van der Waals surface area (Å²) in [7, 11) is 2.70. The van der Waals surface area contributed by atoms with Crippen LogP contribution in [-0.4, -0.2) is 37.4 Å². The van der Waals surface area contributed by atoms with Crippen LogP contribution in [-0.2, 0) is 19.1 Å². The van der Waals surface area contributed by atoms with E-state index in [0.29, 0.717) is 5.57 Å². The number of fused-ring (bicyclic) bond motifs is 3. The summed E-state index contributed by atoms with van der Waals surface area (Å²) in [6.07, 6.45) is 1.82. The fraction of sp³-hybridized carbons (Fsp3) is 0.421. The van der Waals surface area contributed by atoms with Gasteiger partial charge in [-0.05, 0) is 23.6 Å². The summed E-state index contributed by atoms with van der Waals surface area (Å²) >= 11 is 1.39. The van der Waals surface area contributed by atoms with Crippen LogP contribution in [0.5, 0.6) is 0 Å². The summed E-state index contributed by atoms with van der Waals surface area (Å²) < 4.78 is 9.08. The van der Waals surface area contributed by atoms with Crippen molar-refractivity contribution in [3.63, 3.8) is 0 Å². The van der Waals surface area contributed by atoms with Crippen LogP contribution in [0, 0.1) is 12.0 Å². The van der Waals surface area contributed by atoms with Gasteiger partial charge in [-0.1, -0.05) is 23.0 Å². The zero-order valence-corrected chi connectivity index (χ0v) is 14.9. The lowest BCUT2D eigenvalue weighted by atomic mass is 9.60. The summed E-state index contributed by atoms with van der Waals surface area (Å²) in [5, 5.41) is 0. The Kier molecular flexibility index (Phi) is 3.84. The number of allylic oxidation sites excluding steroid dienone is 1. The Hall–Kier alpha value is -2.26. The van der Waals surface area contributed by atoms with Gasteiger partial charge < -0.3 is 9.47 Å². The van der Waals surface area contributed by atoms with Gasteiger partial charge in [0.25, 0.3) is 12.6 Å². The average Bonchev–Trinajstić information content (AvgIpc) is 2.93. The molecule has 6 heteroatoms. The van der Waals surface area contributed by atoms with Gasteiger partial charge in [0.15, 0.2) is 4.75 Å². The standard InChI is InChI=1S/C19H18NO4S/c1-23-17(21)16-14(11-6-5-9-20-10-11)15-12-7-3-4-8-13(12)25-19(15,16)18(22)24-2/h3-4,7-8,11,15H,5-6,9H2,1-2H3/q+1. The Morgan fingerprint density at radius 1 is 1.28 bits per heavy atom. The SMILES string of the molecule is COC(=O)C1=C(C2C#[N+]CCC2)C2c3ccccc3SC12C(=O)OC. The van der Waals surface area contributed by atoms with Gasteiger partial charge in [-0.3, -0.25) is 4.79 Å². The Labute approximate surface area is 150 Å². The van der Waals surface area contributed by atoms with Crippen LogP contribution in [0.4, 0.5) is 0 Å². The van der Waals surface area contributed by atoms with Gasteiger partial charge >= 0.3 is 11.9 Å². The Balaban J connectivity index is 1.94. The molecule has 25 heavy (non-hydrogen) atoms. The highest BCUT2D eigenvalue weighted by molar-refractivity contribution is 8.02. The molecule has 128 valence electrons. The second-order valence-electron chi connectivity index (χ2n) is 6.33. The zero-order chi connectivity index (χ0) is 17.6. The Morgan fingerprint density at radius 3 is 2.76 bits per heavy atom. The predicted octanol–water partition coefficient (Wildman–Crippen LogP) is 3.01. The summed E-state index contributed by atoms with van der Waals surface area (Å²) in [6.45, 7) is 0.759. The van der Waals surface area contributed by atoms with E-state index >= 15 is 0 Å². The molecule has 3 atom stereocenters. The molecule has 0 radical (unpaired) electrons. The van der Waals surface area contributed by atoms with Crippen LogP contribution >= 0.6 is 11.8 Å². The van der Waals surface area contributed by atoms with E-state index in [1.807, 2.05) is 24.3 Å². The van der Waals surface area contributed by atoms with Crippen molar-refractivity contribution in [3.05, 3.63) is 45.8 Å². The van der Waals surface area contributed by atoms with E-state index in [0.717, 1.165) is 35.4 Å². The third-order valence-corrected chi connectivity index (χ3v) is 6.66. The topological polar surface area (TPSA) is 57.0 Å². The van der Waals surface area contributed by atoms with Crippen LogP contribution < -0.4 is 0 Å². The summed E-state index contributed by atoms with van der Waals surface area (Å²) in [5.74, 6) is -1.13. The van der Waals surface area contributed by atoms with Crippen LogP contribution in [0.2, 0.25) is 0 Å². The second kappa shape index (κ2) is 5.92. The highest BCUT2D eigenvalue weighted by atomic mass is 32.2. The number of rotatable bonds is 3. The molecule has 0 saturated heterocycles. The number of ether oxygens (including phenoxy) is 2. The summed E-state index contributed by atoms with van der Waals surface area (Å²) in [6, 6.07) is 11.0. The number of hydrogen-bond donors (Lipinski definition) is 0. The number of benzene rings is 1. The number of nitrogens with zero attached hydrogens (tertiary/aromatic N) is 1. The monoisotopic (exact) mass is 356 g/mol. The van der Waals surface area contributed by atoms with Crippen molar-refractivity contribution < 1.29 is 19.1 Å². The molecular weight excluding hydrogens is 338 g/mol. The maximum absolute atomic E-state index is 12.8. The molecule has 0 aromatic heterocycles. The minimum Gasteiger partial charge on any atom is -0.468 e. The lowest BCUT2D eigenvalue weighted by molar-refractivity contribution is -0.147. The van der Waals surface area contributed by atoms with Crippen molar-refractivity contribution in [2.75, 3.05) is 20.8 Å². The van der Waals surface area contributed by atoms with Crippen molar-refractivity contribution >= 4 is 23.7 Å². The third-order valence-electron chi connectivity index (χ3n) is 5.14. The highest BCUT2D eigenvalue weighted by Gasteiger charge is 2.68. The predicted molar refractivity (Wildman–Crippen MR) is 93.7 cm³/mol. The summed E-state index contributed by atoms with van der Waals surface area (Å²) in [5.41, 5.74) is 2.40. The fourth-order valence-corrected chi connectivity index (χ4v) is 5.76. The summed E-state index contributed by atoms with van der Waals surface area (Å²) in [4.78, 5) is 30.7. The first kappa shape index (κ1) is 16.2. The molecule has 3 aliphatic rings. The number of thioether (sulfide) groups is 1. The van der Waals surface area contributed by atoms with Gasteiger partial charge in [0, 0.05) is 17.2 Å². The first-order chi connectivity index (χ1) is 12.1. The van der Waals surface area contributed by atoms with Gasteiger partial charge in [0.1, 0.15) is 5.92 Å². The second-order valence-corrected chi connectivity index (χ2v) is 7.62. The number of esters is 2. The molecule has 1 aromatic carbocycles. The minimum atomic E-state index is -1.06. The Bertz CT molecular complexity index is 866. The quantitative estimate of drug-likeness (QED) is 0.779. The average molecular weight is 356 g/mol. The molecule has 0 spiro atoms. The molecule has 2 aliphatic heterocycles. The molecule has 0 fully saturated rings. The fourth-order valence-electron chi connectivity index (χ4n) is 4.13. The van der Waals surface area contributed by atoms with Gasteiger partial charge in [0.2, 0.25) is 0 Å². The molecule has 0 bridgehead atoms. The molecule has 4 rings (SSSR count). The van der Waals surface area contributed by atoms with E-state index in [9.17, 15) is 9.59 Å². The van der Waals surface area contributed by atoms with Crippen molar-refractivity contribution in [1.82, 2.24) is 0 Å². The maximum Gasteiger partial charge on any atom is 0.335 e. The molecule has 0 saturated carbocycles. The number of carbonyl (C=O) groups is 2. The first-order valence-corrected chi connectivity index (χ1v) is 9.08. The van der Waals surface area contributed by atoms with E-state index < -0.39 is 16.7 Å². The lowest BCUT2D eigenvalue weighted by Gasteiger charge is -2.45. The van der Waals surface area contributed by atoms with E-state index in [2.05, 4.69) is 10.9 Å². The van der Waals surface area contributed by atoms with Gasteiger partial charge in [-0.15, -0.1) is 11.8 Å². The molecule has 1 aliphatic carbocycles. The smallest absolute Gasteiger partial charge is 0.335 e. The van der Waals surface area contributed by atoms with Crippen molar-refractivity contribution in [2.45, 2.75) is 28.4 Å². The number of hydrogen-bond acceptors (Lipinski definition) is 5. The minimum absolute atomic E-state index is 0.0580. The van der Waals surface area contributed by atoms with Crippen molar-refractivity contribution in [1.29, 1.82) is 0 Å². The lowest BCUT2D eigenvalue weighted by Crippen LogP contribution is -2.54. The molecule has 3 unspecified atom stereocenters. The van der Waals surface area contributed by atoms with Crippen molar-refractivity contribution in [3.8, 4) is 6.07 Å². The van der Waals surface area contributed by atoms with Crippen LogP contribution in [0.15, 0.2) is 40.3 Å². The van der Waals surface area contributed by atoms with Crippen molar-refractivity contribution in [2.24, 2.45) is 5.92 Å². The number of methoxy groups -OCH3 is 2. The van der Waals surface area contributed by atoms with E-state index in [1.165, 1.54) is 26.0 Å². The molecule has 0 amide bonds. The molecular formula is C19H18NO4S+. The van der Waals surface area contributed by atoms with Crippen LogP contribution in [0.3, 0.4) is 0 Å². The normalized spacial score (nSPS) is 28.9. The number of carbonyl (C=O) groups excluding carboxylic acids is 2. The molecule has 2 heterocycles. The van der Waals surface area contributed by atoms with E-state index in [1.54, 1.807) is 0 Å². The highest BCUT2D eigenvalue weighted by Crippen LogP contribution is 2.68. The maximum atomic E-state index is 12.8. The molecule has 0 N–H and O–H groups in total. The van der Waals surface area contributed by atoms with E-state index in [-0.39, 0.29) is 11.8 Å². The van der Waals surface area contributed by atoms with E-state index in [4.69, 9.17) is 9.47 Å². The van der Waals surface area contributed by atoms with Gasteiger partial charge in [-0.25, -0.2) is 4.79 Å². The molecule has 5 nitrogen and oxygen atoms in total. The van der Waals surface area contributed by atoms with Gasteiger partial charge in [-0.2, -0.15) is 0 Å². The first-order valence-electron chi connectivity index (χ1n) is 8.26. The molecule has 1 aromatic rings. The van der Waals surface area contributed by atoms with Crippen LogP contribution in [0.25, 0.3) is 4.85 Å². The van der Waals surface area contributed by atoms with Crippen LogP contribution in [0.1, 0.15) is 24.3 Å². The third kappa shape index (κ3) is 2.09. The van der Waals surface area contributed by atoms with Gasteiger partial charge in [0.05, 0.1) is 19.8 Å². The Morgan fingerprint density at radius 2 is 2.08 bits per heavy atom.